The molecule has 2 aromatic carbocycles. The Balaban J connectivity index is 1.27. The second kappa shape index (κ2) is 8.64. The fourth-order valence-electron chi connectivity index (χ4n) is 4.98. The third kappa shape index (κ3) is 3.91. The van der Waals surface area contributed by atoms with Gasteiger partial charge >= 0.3 is 0 Å². The van der Waals surface area contributed by atoms with Crippen molar-refractivity contribution in [2.24, 2.45) is 5.92 Å². The Morgan fingerprint density at radius 2 is 1.75 bits per heavy atom. The number of amides is 1. The number of carbonyl (C=O) groups excluding carboxylic acids is 1. The Labute approximate surface area is 188 Å². The number of sulfonamides is 1. The summed E-state index contributed by atoms with van der Waals surface area (Å²) in [4.78, 5) is 17.5. The van der Waals surface area contributed by atoms with Crippen LogP contribution in [0.25, 0.3) is 10.9 Å². The SMILES string of the molecule is O=C(N[C@@H]1CCCc2ccccc21)C1CCN(S(=O)(=O)c2cccc3cccnc23)CC1. The minimum atomic E-state index is -3.67. The summed E-state index contributed by atoms with van der Waals surface area (Å²) < 4.78 is 28.1. The average Bonchev–Trinajstić information content (AvgIpc) is 2.84. The van der Waals surface area contributed by atoms with Gasteiger partial charge in [-0.1, -0.05) is 42.5 Å². The molecule has 6 nitrogen and oxygen atoms in total. The van der Waals surface area contributed by atoms with E-state index in [-0.39, 0.29) is 22.8 Å². The van der Waals surface area contributed by atoms with Gasteiger partial charge < -0.3 is 5.32 Å². The van der Waals surface area contributed by atoms with E-state index in [0.29, 0.717) is 31.4 Å². The summed E-state index contributed by atoms with van der Waals surface area (Å²) in [6.45, 7) is 0.676. The molecule has 0 radical (unpaired) electrons. The number of benzene rings is 2. The molecule has 1 saturated heterocycles. The van der Waals surface area contributed by atoms with E-state index in [1.807, 2.05) is 24.3 Å². The molecule has 1 aromatic heterocycles. The van der Waals surface area contributed by atoms with Crippen molar-refractivity contribution in [1.82, 2.24) is 14.6 Å². The van der Waals surface area contributed by atoms with Crippen LogP contribution in [0.3, 0.4) is 0 Å². The molecule has 32 heavy (non-hydrogen) atoms. The molecule has 1 aliphatic heterocycles. The molecule has 1 fully saturated rings. The highest BCUT2D eigenvalue weighted by Crippen LogP contribution is 2.31. The first kappa shape index (κ1) is 21.1. The van der Waals surface area contributed by atoms with Gasteiger partial charge in [0.15, 0.2) is 0 Å². The maximum absolute atomic E-state index is 13.3. The first-order chi connectivity index (χ1) is 15.5. The van der Waals surface area contributed by atoms with Gasteiger partial charge in [-0.2, -0.15) is 4.31 Å². The van der Waals surface area contributed by atoms with Gasteiger partial charge in [0.25, 0.3) is 0 Å². The number of nitrogens with zero attached hydrogens (tertiary/aromatic N) is 2. The molecular weight excluding hydrogens is 422 g/mol. The molecule has 7 heteroatoms. The number of piperidine rings is 1. The topological polar surface area (TPSA) is 79.4 Å². The molecule has 3 aromatic rings. The van der Waals surface area contributed by atoms with Gasteiger partial charge in [0.1, 0.15) is 4.90 Å². The standard InChI is InChI=1S/C25H27N3O3S/c29-25(27-22-11-3-7-18-6-1-2-10-21(18)22)20-13-16-28(17-14-20)32(30,31)23-12-4-8-19-9-5-15-26-24(19)23/h1-2,4-6,8-10,12,15,20,22H,3,7,11,13-14,16-17H2,(H,27,29)/t22-/m1/s1. The van der Waals surface area contributed by atoms with Gasteiger partial charge in [0, 0.05) is 30.6 Å². The molecule has 1 N–H and O–H groups in total. The number of hydrogen-bond acceptors (Lipinski definition) is 4. The van der Waals surface area contributed by atoms with Gasteiger partial charge in [-0.3, -0.25) is 9.78 Å². The first-order valence-electron chi connectivity index (χ1n) is 11.3. The van der Waals surface area contributed by atoms with E-state index in [1.54, 1.807) is 24.4 Å². The molecule has 0 unspecified atom stereocenters. The normalized spacial score (nSPS) is 20.1. The predicted molar refractivity (Wildman–Crippen MR) is 123 cm³/mol. The van der Waals surface area contributed by atoms with Gasteiger partial charge in [0.05, 0.1) is 11.6 Å². The molecule has 1 aliphatic carbocycles. The van der Waals surface area contributed by atoms with Crippen LogP contribution in [-0.2, 0) is 21.2 Å². The van der Waals surface area contributed by atoms with Crippen LogP contribution in [0.4, 0.5) is 0 Å². The summed E-state index contributed by atoms with van der Waals surface area (Å²) >= 11 is 0. The molecule has 1 atom stereocenters. The fourth-order valence-corrected chi connectivity index (χ4v) is 6.61. The fraction of sp³-hybridized carbons (Fsp3) is 0.360. The van der Waals surface area contributed by atoms with E-state index in [9.17, 15) is 13.2 Å². The third-order valence-corrected chi connectivity index (χ3v) is 8.65. The Bertz CT molecular complexity index is 1240. The van der Waals surface area contributed by atoms with E-state index in [0.717, 1.165) is 24.6 Å². The van der Waals surface area contributed by atoms with E-state index < -0.39 is 10.0 Å². The Morgan fingerprint density at radius 1 is 0.969 bits per heavy atom. The monoisotopic (exact) mass is 449 g/mol. The minimum absolute atomic E-state index is 0.0376. The van der Waals surface area contributed by atoms with Crippen LogP contribution in [0.2, 0.25) is 0 Å². The van der Waals surface area contributed by atoms with Gasteiger partial charge in [-0.05, 0) is 55.4 Å². The van der Waals surface area contributed by atoms with Crippen molar-refractivity contribution in [2.45, 2.75) is 43.0 Å². The van der Waals surface area contributed by atoms with Gasteiger partial charge in [0.2, 0.25) is 15.9 Å². The number of pyridine rings is 1. The number of hydrogen-bond donors (Lipinski definition) is 1. The lowest BCUT2D eigenvalue weighted by Gasteiger charge is -2.32. The second-order valence-electron chi connectivity index (χ2n) is 8.66. The van der Waals surface area contributed by atoms with Gasteiger partial charge in [-0.15, -0.1) is 0 Å². The number of carbonyl (C=O) groups is 1. The second-order valence-corrected chi connectivity index (χ2v) is 10.6. The van der Waals surface area contributed by atoms with Crippen molar-refractivity contribution >= 4 is 26.8 Å². The number of aromatic nitrogens is 1. The molecule has 0 spiro atoms. The summed E-state index contributed by atoms with van der Waals surface area (Å²) in [6, 6.07) is 17.3. The minimum Gasteiger partial charge on any atom is -0.349 e. The zero-order chi connectivity index (χ0) is 22.1. The van der Waals surface area contributed by atoms with E-state index >= 15 is 0 Å². The Morgan fingerprint density at radius 3 is 2.59 bits per heavy atom. The zero-order valence-electron chi connectivity index (χ0n) is 17.9. The highest BCUT2D eigenvalue weighted by molar-refractivity contribution is 7.89. The Hall–Kier alpha value is -2.77. The maximum atomic E-state index is 13.3. The number of rotatable bonds is 4. The molecular formula is C25H27N3O3S. The number of aryl methyl sites for hydroxylation is 1. The molecule has 2 heterocycles. The van der Waals surface area contributed by atoms with Crippen molar-refractivity contribution < 1.29 is 13.2 Å². The first-order valence-corrected chi connectivity index (χ1v) is 12.7. The van der Waals surface area contributed by atoms with Crippen LogP contribution in [0.1, 0.15) is 42.9 Å². The average molecular weight is 450 g/mol. The summed E-state index contributed by atoms with van der Waals surface area (Å²) in [7, 11) is -3.67. The summed E-state index contributed by atoms with van der Waals surface area (Å²) in [5, 5.41) is 4.04. The van der Waals surface area contributed by atoms with Crippen LogP contribution < -0.4 is 5.32 Å². The summed E-state index contributed by atoms with van der Waals surface area (Å²) in [5.41, 5.74) is 3.02. The van der Waals surface area contributed by atoms with Crippen molar-refractivity contribution in [3.05, 3.63) is 71.9 Å². The smallest absolute Gasteiger partial charge is 0.245 e. The molecule has 0 saturated carbocycles. The molecule has 166 valence electrons. The molecule has 1 amide bonds. The van der Waals surface area contributed by atoms with Crippen molar-refractivity contribution in [2.75, 3.05) is 13.1 Å². The van der Waals surface area contributed by atoms with Crippen molar-refractivity contribution in [3.63, 3.8) is 0 Å². The lowest BCUT2D eigenvalue weighted by Crippen LogP contribution is -2.44. The van der Waals surface area contributed by atoms with E-state index in [1.165, 1.54) is 15.4 Å². The van der Waals surface area contributed by atoms with Crippen LogP contribution in [0, 0.1) is 5.92 Å². The zero-order valence-corrected chi connectivity index (χ0v) is 18.7. The van der Waals surface area contributed by atoms with E-state index in [4.69, 9.17) is 0 Å². The van der Waals surface area contributed by atoms with Gasteiger partial charge in [-0.25, -0.2) is 8.42 Å². The van der Waals surface area contributed by atoms with Crippen LogP contribution in [0.5, 0.6) is 0 Å². The highest BCUT2D eigenvalue weighted by Gasteiger charge is 2.34. The molecule has 2 aliphatic rings. The lowest BCUT2D eigenvalue weighted by atomic mass is 9.87. The largest absolute Gasteiger partial charge is 0.349 e. The van der Waals surface area contributed by atoms with Crippen LogP contribution >= 0.6 is 0 Å². The summed E-state index contributed by atoms with van der Waals surface area (Å²) in [5.74, 6) is -0.128. The predicted octanol–water partition coefficient (Wildman–Crippen LogP) is 3.83. The third-order valence-electron chi connectivity index (χ3n) is 6.72. The van der Waals surface area contributed by atoms with Crippen LogP contribution in [-0.4, -0.2) is 36.7 Å². The van der Waals surface area contributed by atoms with E-state index in [2.05, 4.69) is 22.4 Å². The summed E-state index contributed by atoms with van der Waals surface area (Å²) in [6.07, 6.45) is 5.74. The van der Waals surface area contributed by atoms with Crippen molar-refractivity contribution in [1.29, 1.82) is 0 Å². The quantitative estimate of drug-likeness (QED) is 0.657. The lowest BCUT2D eigenvalue weighted by molar-refractivity contribution is -0.127. The highest BCUT2D eigenvalue weighted by atomic mass is 32.2. The molecule has 0 bridgehead atoms. The van der Waals surface area contributed by atoms with Crippen molar-refractivity contribution in [3.8, 4) is 0 Å². The number of nitrogens with one attached hydrogen (secondary N) is 1. The number of para-hydroxylation sites is 1. The number of fused-ring (bicyclic) bond motifs is 2. The molecule has 5 rings (SSSR count). The Kier molecular flexibility index (Phi) is 5.69. The van der Waals surface area contributed by atoms with Crippen LogP contribution in [0.15, 0.2) is 65.7 Å². The maximum Gasteiger partial charge on any atom is 0.245 e.